The molecule has 1 aromatic heterocycles. The summed E-state index contributed by atoms with van der Waals surface area (Å²) in [5.41, 5.74) is 4.35. The van der Waals surface area contributed by atoms with E-state index < -0.39 is 4.92 Å². The van der Waals surface area contributed by atoms with Gasteiger partial charge in [-0.05, 0) is 18.2 Å². The van der Waals surface area contributed by atoms with E-state index in [0.29, 0.717) is 16.7 Å². The van der Waals surface area contributed by atoms with Crippen molar-refractivity contribution in [2.45, 2.75) is 0 Å². The predicted molar refractivity (Wildman–Crippen MR) is 78.3 cm³/mol. The largest absolute Gasteiger partial charge is 0.422 e. The van der Waals surface area contributed by atoms with Gasteiger partial charge >= 0.3 is 6.01 Å². The molecule has 0 saturated heterocycles. The molecule has 1 N–H and O–H groups in total. The first-order valence-electron chi connectivity index (χ1n) is 6.12. The summed E-state index contributed by atoms with van der Waals surface area (Å²) in [5, 5.41) is 14.8. The lowest BCUT2D eigenvalue weighted by molar-refractivity contribution is -0.385. The number of aromatic nitrogens is 1. The third kappa shape index (κ3) is 2.71. The van der Waals surface area contributed by atoms with Gasteiger partial charge in [0.25, 0.3) is 5.69 Å². The standard InChI is InChI=1S/C14H10N4O3/c19-18(20)12-7-3-1-5-10(12)9-15-17-14-16-11-6-2-4-8-13(11)21-14/h1-9H,(H,16,17)/b15-9+. The molecule has 0 atom stereocenters. The van der Waals surface area contributed by atoms with Gasteiger partial charge in [0, 0.05) is 6.07 Å². The van der Waals surface area contributed by atoms with Crippen LogP contribution in [0, 0.1) is 10.1 Å². The Morgan fingerprint density at radius 1 is 1.19 bits per heavy atom. The Bertz CT molecular complexity index is 793. The monoisotopic (exact) mass is 282 g/mol. The van der Waals surface area contributed by atoms with E-state index in [0.717, 1.165) is 0 Å². The number of fused-ring (bicyclic) bond motifs is 1. The van der Waals surface area contributed by atoms with Gasteiger partial charge in [-0.15, -0.1) is 0 Å². The summed E-state index contributed by atoms with van der Waals surface area (Å²) >= 11 is 0. The Morgan fingerprint density at radius 3 is 2.76 bits per heavy atom. The van der Waals surface area contributed by atoms with Crippen molar-refractivity contribution in [2.24, 2.45) is 5.10 Å². The van der Waals surface area contributed by atoms with E-state index in [9.17, 15) is 10.1 Å². The van der Waals surface area contributed by atoms with Crippen LogP contribution < -0.4 is 5.43 Å². The lowest BCUT2D eigenvalue weighted by atomic mass is 10.2. The number of anilines is 1. The lowest BCUT2D eigenvalue weighted by Crippen LogP contribution is -1.96. The van der Waals surface area contributed by atoms with Gasteiger partial charge < -0.3 is 4.42 Å². The van der Waals surface area contributed by atoms with Crippen molar-refractivity contribution in [3.8, 4) is 0 Å². The van der Waals surface area contributed by atoms with E-state index in [-0.39, 0.29) is 11.7 Å². The average molecular weight is 282 g/mol. The van der Waals surface area contributed by atoms with Crippen LogP contribution in [0.1, 0.15) is 5.56 Å². The number of hydrogen-bond acceptors (Lipinski definition) is 6. The zero-order valence-electron chi connectivity index (χ0n) is 10.8. The number of nitro benzene ring substituents is 1. The van der Waals surface area contributed by atoms with E-state index >= 15 is 0 Å². The zero-order chi connectivity index (χ0) is 14.7. The SMILES string of the molecule is O=[N+]([O-])c1ccccc1/C=N/Nc1nc2ccccc2o1. The van der Waals surface area contributed by atoms with Gasteiger partial charge in [-0.1, -0.05) is 24.3 Å². The number of nitrogens with zero attached hydrogens (tertiary/aromatic N) is 3. The topological polar surface area (TPSA) is 93.6 Å². The van der Waals surface area contributed by atoms with E-state index in [2.05, 4.69) is 15.5 Å². The predicted octanol–water partition coefficient (Wildman–Crippen LogP) is 3.18. The van der Waals surface area contributed by atoms with Crippen molar-refractivity contribution in [3.63, 3.8) is 0 Å². The number of para-hydroxylation sites is 3. The number of nitro groups is 1. The summed E-state index contributed by atoms with van der Waals surface area (Å²) in [6.07, 6.45) is 1.35. The summed E-state index contributed by atoms with van der Waals surface area (Å²) in [4.78, 5) is 14.6. The fourth-order valence-electron chi connectivity index (χ4n) is 1.84. The molecule has 3 aromatic rings. The molecule has 0 amide bonds. The molecule has 21 heavy (non-hydrogen) atoms. The number of hydrazone groups is 1. The average Bonchev–Trinajstić information content (AvgIpc) is 2.90. The molecule has 104 valence electrons. The second kappa shape index (κ2) is 5.41. The van der Waals surface area contributed by atoms with Crippen molar-refractivity contribution in [1.29, 1.82) is 0 Å². The third-order valence-electron chi connectivity index (χ3n) is 2.79. The van der Waals surface area contributed by atoms with Gasteiger partial charge in [0.2, 0.25) is 0 Å². The number of nitrogens with one attached hydrogen (secondary N) is 1. The van der Waals surface area contributed by atoms with Gasteiger partial charge in [-0.2, -0.15) is 10.1 Å². The van der Waals surface area contributed by atoms with E-state index in [4.69, 9.17) is 4.42 Å². The zero-order valence-corrected chi connectivity index (χ0v) is 10.8. The van der Waals surface area contributed by atoms with Crippen LogP contribution in [0.2, 0.25) is 0 Å². The van der Waals surface area contributed by atoms with Crippen molar-refractivity contribution in [1.82, 2.24) is 4.98 Å². The maximum Gasteiger partial charge on any atom is 0.316 e. The number of rotatable bonds is 4. The second-order valence-corrected chi connectivity index (χ2v) is 4.17. The molecule has 7 heteroatoms. The fourth-order valence-corrected chi connectivity index (χ4v) is 1.84. The minimum atomic E-state index is -0.458. The van der Waals surface area contributed by atoms with Crippen LogP contribution in [0.3, 0.4) is 0 Å². The van der Waals surface area contributed by atoms with Crippen molar-refractivity contribution >= 4 is 29.0 Å². The molecule has 0 spiro atoms. The van der Waals surface area contributed by atoms with Gasteiger partial charge in [0.05, 0.1) is 16.7 Å². The maximum absolute atomic E-state index is 10.9. The highest BCUT2D eigenvalue weighted by Gasteiger charge is 2.10. The summed E-state index contributed by atoms with van der Waals surface area (Å²) in [6, 6.07) is 13.9. The molecule has 0 radical (unpaired) electrons. The van der Waals surface area contributed by atoms with Gasteiger partial charge in [0.15, 0.2) is 5.58 Å². The molecule has 0 bridgehead atoms. The molecule has 0 saturated carbocycles. The Kier molecular flexibility index (Phi) is 3.30. The Labute approximate surface area is 119 Å². The second-order valence-electron chi connectivity index (χ2n) is 4.17. The molecule has 0 aliphatic heterocycles. The molecule has 0 fully saturated rings. The molecule has 0 aliphatic carbocycles. The van der Waals surface area contributed by atoms with Crippen LogP contribution in [0.5, 0.6) is 0 Å². The minimum Gasteiger partial charge on any atom is -0.422 e. The minimum absolute atomic E-state index is 0.0133. The molecule has 1 heterocycles. The third-order valence-corrected chi connectivity index (χ3v) is 2.79. The molecular weight excluding hydrogens is 272 g/mol. The number of hydrogen-bond donors (Lipinski definition) is 1. The first kappa shape index (κ1) is 12.8. The summed E-state index contributed by atoms with van der Waals surface area (Å²) in [7, 11) is 0. The van der Waals surface area contributed by atoms with Crippen LogP contribution in [-0.2, 0) is 0 Å². The van der Waals surface area contributed by atoms with Gasteiger partial charge in [0.1, 0.15) is 5.52 Å². The summed E-state index contributed by atoms with van der Waals surface area (Å²) in [6.45, 7) is 0. The van der Waals surface area contributed by atoms with Gasteiger partial charge in [-0.3, -0.25) is 10.1 Å². The van der Waals surface area contributed by atoms with E-state index in [1.807, 2.05) is 18.2 Å². The first-order chi connectivity index (χ1) is 10.2. The first-order valence-corrected chi connectivity index (χ1v) is 6.12. The quantitative estimate of drug-likeness (QED) is 0.450. The van der Waals surface area contributed by atoms with Crippen molar-refractivity contribution in [3.05, 3.63) is 64.2 Å². The van der Waals surface area contributed by atoms with E-state index in [1.54, 1.807) is 24.3 Å². The van der Waals surface area contributed by atoms with Crippen LogP contribution in [0.4, 0.5) is 11.7 Å². The van der Waals surface area contributed by atoms with Crippen LogP contribution in [-0.4, -0.2) is 16.1 Å². The highest BCUT2D eigenvalue weighted by atomic mass is 16.6. The molecule has 7 nitrogen and oxygen atoms in total. The molecule has 0 unspecified atom stereocenters. The summed E-state index contributed by atoms with van der Waals surface area (Å²) in [5.74, 6) is 0. The Hall–Kier alpha value is -3.22. The van der Waals surface area contributed by atoms with Crippen molar-refractivity contribution < 1.29 is 9.34 Å². The Balaban J connectivity index is 1.79. The Morgan fingerprint density at radius 2 is 1.95 bits per heavy atom. The molecular formula is C14H10N4O3. The normalized spacial score (nSPS) is 11.0. The maximum atomic E-state index is 10.9. The van der Waals surface area contributed by atoms with Crippen LogP contribution in [0.25, 0.3) is 11.1 Å². The highest BCUT2D eigenvalue weighted by molar-refractivity contribution is 5.85. The molecule has 3 rings (SSSR count). The van der Waals surface area contributed by atoms with Crippen LogP contribution in [0.15, 0.2) is 58.0 Å². The van der Waals surface area contributed by atoms with Crippen LogP contribution >= 0.6 is 0 Å². The van der Waals surface area contributed by atoms with E-state index in [1.165, 1.54) is 12.3 Å². The lowest BCUT2D eigenvalue weighted by Gasteiger charge is -1.96. The molecule has 0 aliphatic rings. The van der Waals surface area contributed by atoms with Gasteiger partial charge in [-0.25, -0.2) is 5.43 Å². The highest BCUT2D eigenvalue weighted by Crippen LogP contribution is 2.18. The van der Waals surface area contributed by atoms with Crippen molar-refractivity contribution in [2.75, 3.05) is 5.43 Å². The smallest absolute Gasteiger partial charge is 0.316 e. The fraction of sp³-hybridized carbons (Fsp3) is 0. The molecule has 2 aromatic carbocycles. The number of benzene rings is 2. The summed E-state index contributed by atoms with van der Waals surface area (Å²) < 4.78 is 5.41. The number of oxazole rings is 1.